The van der Waals surface area contributed by atoms with Gasteiger partial charge >= 0.3 is 19.5 Å². The molecule has 0 spiro atoms. The van der Waals surface area contributed by atoms with Crippen LogP contribution in [0.2, 0.25) is 0 Å². The number of aromatic carboxylic acids is 1. The minimum atomic E-state index is -5.05. The van der Waals surface area contributed by atoms with Gasteiger partial charge in [-0.15, -0.1) is 13.2 Å². The fourth-order valence-electron chi connectivity index (χ4n) is 1.52. The van der Waals surface area contributed by atoms with Gasteiger partial charge in [-0.2, -0.15) is 0 Å². The van der Waals surface area contributed by atoms with Crippen LogP contribution in [0.4, 0.5) is 13.2 Å². The van der Waals surface area contributed by atoms with Crippen molar-refractivity contribution in [3.63, 3.8) is 0 Å². The highest BCUT2D eigenvalue weighted by atomic mass is 19.4. The van der Waals surface area contributed by atoms with E-state index in [0.29, 0.717) is 0 Å². The molecule has 1 aliphatic rings. The Bertz CT molecular complexity index is 517. The summed E-state index contributed by atoms with van der Waals surface area (Å²) < 4.78 is 49.8. The molecule has 0 saturated heterocycles. The molecule has 0 radical (unpaired) electrons. The van der Waals surface area contributed by atoms with Crippen molar-refractivity contribution < 1.29 is 42.2 Å². The first kappa shape index (κ1) is 13.3. The van der Waals surface area contributed by atoms with E-state index in [9.17, 15) is 23.0 Å². The van der Waals surface area contributed by atoms with E-state index >= 15 is 0 Å². The quantitative estimate of drug-likeness (QED) is 0.787. The van der Waals surface area contributed by atoms with Crippen LogP contribution in [-0.4, -0.2) is 36.1 Å². The Labute approximate surface area is 104 Å². The maximum atomic E-state index is 12.2. The van der Waals surface area contributed by atoms with E-state index in [0.717, 1.165) is 12.1 Å². The van der Waals surface area contributed by atoms with Crippen molar-refractivity contribution >= 4 is 13.1 Å². The Morgan fingerprint density at radius 2 is 2.11 bits per heavy atom. The van der Waals surface area contributed by atoms with Crippen LogP contribution in [0.3, 0.4) is 0 Å². The Kier molecular flexibility index (Phi) is 3.19. The molecular formula is C9H6BF3O6. The van der Waals surface area contributed by atoms with Crippen molar-refractivity contribution in [1.82, 2.24) is 0 Å². The highest BCUT2D eigenvalue weighted by molar-refractivity contribution is 6.44. The van der Waals surface area contributed by atoms with Crippen LogP contribution >= 0.6 is 0 Å². The van der Waals surface area contributed by atoms with Gasteiger partial charge in [0.25, 0.3) is 0 Å². The zero-order valence-electron chi connectivity index (χ0n) is 9.10. The molecular weight excluding hydrogens is 272 g/mol. The third-order valence-corrected chi connectivity index (χ3v) is 2.16. The Morgan fingerprint density at radius 3 is 2.68 bits per heavy atom. The largest absolute Gasteiger partial charge is 0.573 e. The predicted octanol–water partition coefficient (Wildman–Crippen LogP) is 1.07. The molecule has 0 saturated carbocycles. The third kappa shape index (κ3) is 2.84. The zero-order chi connectivity index (χ0) is 14.2. The summed E-state index contributed by atoms with van der Waals surface area (Å²) in [5.41, 5.74) is -0.867. The van der Waals surface area contributed by atoms with E-state index in [1.54, 1.807) is 0 Å². The van der Waals surface area contributed by atoms with Crippen LogP contribution in [-0.2, 0) is 0 Å². The smallest absolute Gasteiger partial charge is 0.531 e. The van der Waals surface area contributed by atoms with Crippen molar-refractivity contribution in [2.24, 2.45) is 0 Å². The van der Waals surface area contributed by atoms with Gasteiger partial charge in [0.1, 0.15) is 17.8 Å². The highest BCUT2D eigenvalue weighted by Crippen LogP contribution is 2.41. The number of carboxylic acid groups (broad SMARTS) is 1. The molecule has 102 valence electrons. The summed E-state index contributed by atoms with van der Waals surface area (Å²) in [6.45, 7) is -0.258. The van der Waals surface area contributed by atoms with Crippen molar-refractivity contribution in [2.75, 3.05) is 6.51 Å². The SMILES string of the molecule is O=C(O)c1c(OC(F)(F)F)ccc2c1OB(O)CO2. The van der Waals surface area contributed by atoms with Gasteiger partial charge in [0.2, 0.25) is 0 Å². The molecule has 0 atom stereocenters. The van der Waals surface area contributed by atoms with Crippen LogP contribution < -0.4 is 14.1 Å². The number of rotatable bonds is 2. The second-order valence-corrected chi connectivity index (χ2v) is 3.50. The normalized spacial score (nSPS) is 14.2. The lowest BCUT2D eigenvalue weighted by atomic mass is 9.91. The number of carboxylic acids is 1. The number of carbonyl (C=O) groups is 1. The average molecular weight is 278 g/mol. The maximum absolute atomic E-state index is 12.2. The molecule has 0 amide bonds. The molecule has 0 fully saturated rings. The van der Waals surface area contributed by atoms with Crippen LogP contribution in [0.25, 0.3) is 0 Å². The summed E-state index contributed by atoms with van der Waals surface area (Å²) in [4.78, 5) is 11.0. The monoisotopic (exact) mass is 278 g/mol. The Morgan fingerprint density at radius 1 is 1.42 bits per heavy atom. The van der Waals surface area contributed by atoms with E-state index in [1.807, 2.05) is 0 Å². The summed E-state index contributed by atoms with van der Waals surface area (Å²) in [6, 6.07) is 1.87. The molecule has 0 bridgehead atoms. The second-order valence-electron chi connectivity index (χ2n) is 3.50. The average Bonchev–Trinajstić information content (AvgIpc) is 2.25. The van der Waals surface area contributed by atoms with Crippen molar-refractivity contribution in [1.29, 1.82) is 0 Å². The number of hydrogen-bond donors (Lipinski definition) is 2. The molecule has 2 rings (SSSR count). The standard InChI is InChI=1S/C9H6BF3O6/c11-9(12,13)18-4-1-2-5-7(6(4)8(14)15)19-10(16)3-17-5/h1-2,16H,3H2,(H,14,15). The number of ether oxygens (including phenoxy) is 2. The number of alkyl halides is 3. The van der Waals surface area contributed by atoms with Gasteiger partial charge < -0.3 is 24.3 Å². The lowest BCUT2D eigenvalue weighted by Gasteiger charge is -2.23. The molecule has 1 heterocycles. The molecule has 0 unspecified atom stereocenters. The van der Waals surface area contributed by atoms with Crippen molar-refractivity contribution in [2.45, 2.75) is 6.36 Å². The van der Waals surface area contributed by atoms with E-state index < -0.39 is 36.5 Å². The van der Waals surface area contributed by atoms with Gasteiger partial charge in [0, 0.05) is 0 Å². The molecule has 1 aromatic rings. The van der Waals surface area contributed by atoms with Gasteiger partial charge in [-0.05, 0) is 12.1 Å². The fraction of sp³-hybridized carbons (Fsp3) is 0.222. The number of halogens is 3. The lowest BCUT2D eigenvalue weighted by Crippen LogP contribution is -2.35. The molecule has 1 aromatic carbocycles. The van der Waals surface area contributed by atoms with E-state index in [2.05, 4.69) is 4.74 Å². The first-order chi connectivity index (χ1) is 8.78. The van der Waals surface area contributed by atoms with Gasteiger partial charge in [-0.3, -0.25) is 0 Å². The zero-order valence-corrected chi connectivity index (χ0v) is 9.10. The molecule has 1 aliphatic heterocycles. The lowest BCUT2D eigenvalue weighted by molar-refractivity contribution is -0.274. The summed E-state index contributed by atoms with van der Waals surface area (Å²) in [7, 11) is -1.47. The molecule has 6 nitrogen and oxygen atoms in total. The Hall–Kier alpha value is -2.10. The van der Waals surface area contributed by atoms with E-state index in [-0.39, 0.29) is 12.3 Å². The minimum absolute atomic E-state index is 0.0859. The number of fused-ring (bicyclic) bond motifs is 1. The van der Waals surface area contributed by atoms with E-state index in [4.69, 9.17) is 14.5 Å². The maximum Gasteiger partial charge on any atom is 0.573 e. The van der Waals surface area contributed by atoms with Crippen molar-refractivity contribution in [3.8, 4) is 17.2 Å². The van der Waals surface area contributed by atoms with Crippen LogP contribution in [0.15, 0.2) is 12.1 Å². The van der Waals surface area contributed by atoms with Gasteiger partial charge in [-0.25, -0.2) is 4.79 Å². The van der Waals surface area contributed by atoms with Crippen LogP contribution in [0, 0.1) is 0 Å². The number of benzene rings is 1. The van der Waals surface area contributed by atoms with Gasteiger partial charge in [-0.1, -0.05) is 0 Å². The molecule has 0 aromatic heterocycles. The predicted molar refractivity (Wildman–Crippen MR) is 54.2 cm³/mol. The van der Waals surface area contributed by atoms with Crippen molar-refractivity contribution in [3.05, 3.63) is 17.7 Å². The first-order valence-corrected chi connectivity index (χ1v) is 4.91. The topological polar surface area (TPSA) is 85.2 Å². The molecule has 19 heavy (non-hydrogen) atoms. The fourth-order valence-corrected chi connectivity index (χ4v) is 1.52. The molecule has 10 heteroatoms. The first-order valence-electron chi connectivity index (χ1n) is 4.91. The Balaban J connectivity index is 2.51. The summed E-state index contributed by atoms with van der Waals surface area (Å²) in [5.74, 6) is -3.24. The van der Waals surface area contributed by atoms with Gasteiger partial charge in [0.05, 0.1) is 0 Å². The minimum Gasteiger partial charge on any atom is -0.531 e. The van der Waals surface area contributed by atoms with Crippen LogP contribution in [0.5, 0.6) is 17.2 Å². The summed E-state index contributed by atoms with van der Waals surface area (Å²) in [5, 5.41) is 18.1. The van der Waals surface area contributed by atoms with Crippen LogP contribution in [0.1, 0.15) is 10.4 Å². The van der Waals surface area contributed by atoms with E-state index in [1.165, 1.54) is 0 Å². The third-order valence-electron chi connectivity index (χ3n) is 2.16. The van der Waals surface area contributed by atoms with Gasteiger partial charge in [0.15, 0.2) is 11.5 Å². The highest BCUT2D eigenvalue weighted by Gasteiger charge is 2.37. The molecule has 2 N–H and O–H groups in total. The number of hydrogen-bond acceptors (Lipinski definition) is 5. The second kappa shape index (κ2) is 4.54. The summed E-state index contributed by atoms with van der Waals surface area (Å²) in [6.07, 6.45) is -5.05. The summed E-state index contributed by atoms with van der Waals surface area (Å²) >= 11 is 0. The molecule has 0 aliphatic carbocycles.